The van der Waals surface area contributed by atoms with E-state index in [1.807, 2.05) is 6.20 Å². The van der Waals surface area contributed by atoms with Crippen molar-refractivity contribution in [3.05, 3.63) is 11.9 Å². The Bertz CT molecular complexity index is 325. The van der Waals surface area contributed by atoms with Gasteiger partial charge >= 0.3 is 0 Å². The van der Waals surface area contributed by atoms with Crippen LogP contribution in [-0.2, 0) is 22.6 Å². The van der Waals surface area contributed by atoms with Crippen molar-refractivity contribution in [2.45, 2.75) is 55.7 Å². The molecule has 5 nitrogen and oxygen atoms in total. The quantitative estimate of drug-likeness (QED) is 0.653. The highest BCUT2D eigenvalue weighted by Gasteiger charge is 2.03. The fraction of sp³-hybridized carbons (Fsp3) is 0.867. The van der Waals surface area contributed by atoms with Gasteiger partial charge in [0.25, 0.3) is 0 Å². The van der Waals surface area contributed by atoms with E-state index in [4.69, 9.17) is 9.47 Å². The number of aromatic nitrogens is 3. The summed E-state index contributed by atoms with van der Waals surface area (Å²) >= 11 is 0. The summed E-state index contributed by atoms with van der Waals surface area (Å²) in [5.74, 6) is 1.17. The molecule has 0 unspecified atom stereocenters. The van der Waals surface area contributed by atoms with E-state index in [9.17, 15) is 0 Å². The van der Waals surface area contributed by atoms with Crippen LogP contribution in [0.5, 0.6) is 0 Å². The van der Waals surface area contributed by atoms with Crippen LogP contribution < -0.4 is 0 Å². The lowest BCUT2D eigenvalue weighted by atomic mass is 10.1. The topological polar surface area (TPSA) is 49.2 Å². The van der Waals surface area contributed by atoms with Crippen LogP contribution in [0.4, 0.5) is 0 Å². The molecule has 0 fully saturated rings. The van der Waals surface area contributed by atoms with Gasteiger partial charge in [0.15, 0.2) is 0 Å². The largest absolute Gasteiger partial charge is 0.379 e. The van der Waals surface area contributed by atoms with Crippen LogP contribution in [0.25, 0.3) is 0 Å². The Labute approximate surface area is 124 Å². The minimum Gasteiger partial charge on any atom is -0.379 e. The summed E-state index contributed by atoms with van der Waals surface area (Å²) in [5, 5.41) is 8.11. The maximum atomic E-state index is 5.46. The standard InChI is InChI=1S/C13H25N3O2.2CH4/c1-11(2)7-13-8-16(15-14-13)10-18-6-5-17-9-12(3)4;;/h8,11-12H,5-7,9-10H2,1-4H3;2*1H4. The normalized spacial score (nSPS) is 10.5. The molecule has 1 rings (SSSR count). The second-order valence-corrected chi connectivity index (χ2v) is 5.35. The van der Waals surface area contributed by atoms with Crippen LogP contribution in [0, 0.1) is 11.8 Å². The molecule has 0 aliphatic carbocycles. The number of hydrogen-bond donors (Lipinski definition) is 0. The second-order valence-electron chi connectivity index (χ2n) is 5.35. The molecule has 0 bridgehead atoms. The van der Waals surface area contributed by atoms with Crippen molar-refractivity contribution in [1.82, 2.24) is 15.0 Å². The fourth-order valence-electron chi connectivity index (χ4n) is 1.51. The van der Waals surface area contributed by atoms with Gasteiger partial charge in [-0.15, -0.1) is 5.10 Å². The minimum atomic E-state index is 0. The Balaban J connectivity index is 0. The van der Waals surface area contributed by atoms with Crippen LogP contribution in [0.15, 0.2) is 6.20 Å². The molecule has 0 aromatic carbocycles. The Morgan fingerprint density at radius 1 is 1.05 bits per heavy atom. The molecule has 0 spiro atoms. The molecule has 1 aromatic heterocycles. The van der Waals surface area contributed by atoms with Crippen molar-refractivity contribution in [1.29, 1.82) is 0 Å². The number of hydrogen-bond acceptors (Lipinski definition) is 4. The third-order valence-electron chi connectivity index (χ3n) is 2.25. The van der Waals surface area contributed by atoms with E-state index >= 15 is 0 Å². The molecule has 0 saturated heterocycles. The van der Waals surface area contributed by atoms with Crippen LogP contribution in [-0.4, -0.2) is 34.8 Å². The van der Waals surface area contributed by atoms with Crippen molar-refractivity contribution < 1.29 is 9.47 Å². The summed E-state index contributed by atoms with van der Waals surface area (Å²) in [4.78, 5) is 0. The molecule has 0 saturated carbocycles. The first-order chi connectivity index (χ1) is 8.58. The first kappa shape index (κ1) is 21.4. The zero-order chi connectivity index (χ0) is 13.4. The van der Waals surface area contributed by atoms with E-state index in [2.05, 4.69) is 38.0 Å². The van der Waals surface area contributed by atoms with Crippen molar-refractivity contribution in [3.63, 3.8) is 0 Å². The highest BCUT2D eigenvalue weighted by Crippen LogP contribution is 2.03. The number of ether oxygens (including phenoxy) is 2. The first-order valence-electron chi connectivity index (χ1n) is 6.62. The number of nitrogens with zero attached hydrogens (tertiary/aromatic N) is 3. The molecule has 0 N–H and O–H groups in total. The molecule has 0 radical (unpaired) electrons. The van der Waals surface area contributed by atoms with E-state index in [1.165, 1.54) is 0 Å². The molecule has 0 amide bonds. The Hall–Kier alpha value is -0.940. The highest BCUT2D eigenvalue weighted by molar-refractivity contribution is 4.92. The van der Waals surface area contributed by atoms with Crippen LogP contribution >= 0.6 is 0 Å². The van der Waals surface area contributed by atoms with Gasteiger partial charge in [0.2, 0.25) is 0 Å². The summed E-state index contributed by atoms with van der Waals surface area (Å²) in [6.45, 7) is 11.0. The van der Waals surface area contributed by atoms with Gasteiger partial charge in [0.05, 0.1) is 25.1 Å². The van der Waals surface area contributed by atoms with Gasteiger partial charge in [-0.2, -0.15) is 0 Å². The van der Waals surface area contributed by atoms with Gasteiger partial charge < -0.3 is 9.47 Å². The summed E-state index contributed by atoms with van der Waals surface area (Å²) < 4.78 is 12.6. The molecular formula is C15H33N3O2. The Morgan fingerprint density at radius 2 is 1.70 bits per heavy atom. The average Bonchev–Trinajstić information content (AvgIpc) is 2.69. The molecule has 5 heteroatoms. The summed E-state index contributed by atoms with van der Waals surface area (Å²) in [6, 6.07) is 0. The van der Waals surface area contributed by atoms with Crippen molar-refractivity contribution in [3.8, 4) is 0 Å². The molecule has 0 aliphatic heterocycles. The molecule has 120 valence electrons. The Kier molecular flexibility index (Phi) is 12.7. The van der Waals surface area contributed by atoms with Gasteiger partial charge in [0, 0.05) is 6.61 Å². The predicted octanol–water partition coefficient (Wildman–Crippen LogP) is 3.40. The van der Waals surface area contributed by atoms with Gasteiger partial charge in [-0.25, -0.2) is 4.68 Å². The van der Waals surface area contributed by atoms with E-state index in [0.717, 1.165) is 18.7 Å². The first-order valence-corrected chi connectivity index (χ1v) is 6.62. The zero-order valence-electron chi connectivity index (χ0n) is 11.9. The van der Waals surface area contributed by atoms with Gasteiger partial charge in [-0.1, -0.05) is 47.8 Å². The fourth-order valence-corrected chi connectivity index (χ4v) is 1.51. The summed E-state index contributed by atoms with van der Waals surface area (Å²) in [7, 11) is 0. The van der Waals surface area contributed by atoms with E-state index < -0.39 is 0 Å². The average molecular weight is 287 g/mol. The summed E-state index contributed by atoms with van der Waals surface area (Å²) in [5.41, 5.74) is 1.02. The van der Waals surface area contributed by atoms with Crippen molar-refractivity contribution >= 4 is 0 Å². The van der Waals surface area contributed by atoms with Gasteiger partial charge in [-0.05, 0) is 18.3 Å². The van der Waals surface area contributed by atoms with E-state index in [1.54, 1.807) is 4.68 Å². The Morgan fingerprint density at radius 3 is 2.30 bits per heavy atom. The molecule has 1 aromatic rings. The van der Waals surface area contributed by atoms with Crippen LogP contribution in [0.2, 0.25) is 0 Å². The number of rotatable bonds is 9. The van der Waals surface area contributed by atoms with Gasteiger partial charge in [-0.3, -0.25) is 0 Å². The van der Waals surface area contributed by atoms with Crippen molar-refractivity contribution in [2.75, 3.05) is 19.8 Å². The lowest BCUT2D eigenvalue weighted by Gasteiger charge is -2.07. The SMILES string of the molecule is C.C.CC(C)COCCOCn1cc(CC(C)C)nn1. The molecule has 0 atom stereocenters. The monoisotopic (exact) mass is 287 g/mol. The molecular weight excluding hydrogens is 254 g/mol. The summed E-state index contributed by atoms with van der Waals surface area (Å²) in [6.07, 6.45) is 2.90. The third kappa shape index (κ3) is 9.92. The van der Waals surface area contributed by atoms with Crippen molar-refractivity contribution in [2.24, 2.45) is 11.8 Å². The van der Waals surface area contributed by atoms with Crippen LogP contribution in [0.1, 0.15) is 48.2 Å². The maximum absolute atomic E-state index is 5.46. The minimum absolute atomic E-state index is 0. The van der Waals surface area contributed by atoms with E-state index in [0.29, 0.717) is 31.8 Å². The second kappa shape index (κ2) is 11.9. The van der Waals surface area contributed by atoms with Crippen LogP contribution in [0.3, 0.4) is 0 Å². The zero-order valence-corrected chi connectivity index (χ0v) is 11.9. The molecule has 1 heterocycles. The lowest BCUT2D eigenvalue weighted by Crippen LogP contribution is -2.11. The maximum Gasteiger partial charge on any atom is 0.141 e. The smallest absolute Gasteiger partial charge is 0.141 e. The molecule has 0 aliphatic rings. The highest BCUT2D eigenvalue weighted by atomic mass is 16.5. The predicted molar refractivity (Wildman–Crippen MR) is 83.6 cm³/mol. The molecule has 20 heavy (non-hydrogen) atoms. The van der Waals surface area contributed by atoms with Gasteiger partial charge in [0.1, 0.15) is 6.73 Å². The lowest BCUT2D eigenvalue weighted by molar-refractivity contribution is 0.00774. The van der Waals surface area contributed by atoms with E-state index in [-0.39, 0.29) is 14.9 Å². The third-order valence-corrected chi connectivity index (χ3v) is 2.25.